The topological polar surface area (TPSA) is 79.7 Å². The number of ether oxygens (including phenoxy) is 2. The van der Waals surface area contributed by atoms with Crippen LogP contribution in [0.15, 0.2) is 47.4 Å². The molecule has 0 bridgehead atoms. The third-order valence-corrected chi connectivity index (χ3v) is 10.2. The van der Waals surface area contributed by atoms with Gasteiger partial charge in [0.15, 0.2) is 11.5 Å². The summed E-state index contributed by atoms with van der Waals surface area (Å²) in [7, 11) is -3.22. The number of fused-ring (bicyclic) bond motifs is 1. The number of benzene rings is 2. The van der Waals surface area contributed by atoms with Crippen LogP contribution in [-0.4, -0.2) is 39.0 Å². The van der Waals surface area contributed by atoms with E-state index < -0.39 is 26.8 Å². The van der Waals surface area contributed by atoms with E-state index in [-0.39, 0.29) is 51.0 Å². The summed E-state index contributed by atoms with van der Waals surface area (Å²) in [5.74, 6) is -2.23. The molecule has 2 aliphatic carbocycles. The Bertz CT molecular complexity index is 1220. The molecule has 2 fully saturated rings. The smallest absolute Gasteiger partial charge is 0.248 e. The van der Waals surface area contributed by atoms with Gasteiger partial charge in [-0.05, 0) is 62.4 Å². The number of nitrogens with one attached hydrogen (secondary N) is 1. The quantitative estimate of drug-likeness (QED) is 0.516. The molecule has 6 nitrogen and oxygen atoms in total. The van der Waals surface area contributed by atoms with E-state index in [2.05, 4.69) is 0 Å². The number of alkyl halides is 2. The normalized spacial score (nSPS) is 24.9. The van der Waals surface area contributed by atoms with Gasteiger partial charge in [-0.3, -0.25) is 4.79 Å². The number of amides is 1. The van der Waals surface area contributed by atoms with Gasteiger partial charge in [0.25, 0.3) is 0 Å². The number of aryl methyl sites for hydroxylation is 1. The van der Waals surface area contributed by atoms with E-state index in [4.69, 9.17) is 14.3 Å². The van der Waals surface area contributed by atoms with Crippen LogP contribution in [0.3, 0.4) is 0 Å². The summed E-state index contributed by atoms with van der Waals surface area (Å²) in [4.78, 5) is 16.2. The van der Waals surface area contributed by atoms with Crippen LogP contribution in [0.4, 0.5) is 8.78 Å². The van der Waals surface area contributed by atoms with E-state index in [9.17, 15) is 17.8 Å². The van der Waals surface area contributed by atoms with Gasteiger partial charge in [-0.1, -0.05) is 30.2 Å². The number of hydrogen-bond donors (Lipinski definition) is 1. The second-order valence-corrected chi connectivity index (χ2v) is 12.5. The SMILES string of the molecule is Cc1ccc(S(=N)(=O)[C@@H]2CCC[C@H]2C(=O)N(Cc2ccc3c(c2)OCO3)C2CCC(F)(F)CC2)cc1. The minimum absolute atomic E-state index is 0.139. The van der Waals surface area contributed by atoms with Crippen LogP contribution in [0.1, 0.15) is 56.1 Å². The summed E-state index contributed by atoms with van der Waals surface area (Å²) in [6, 6.07) is 12.3. The summed E-state index contributed by atoms with van der Waals surface area (Å²) >= 11 is 0. The number of hydrogen-bond acceptors (Lipinski definition) is 5. The molecule has 5 rings (SSSR count). The standard InChI is InChI=1S/C27H32F2N2O4S/c1-18-5-8-21(9-6-18)36(30,33)25-4-2-3-22(25)26(32)31(20-11-13-27(28,29)14-12-20)16-19-7-10-23-24(15-19)35-17-34-23/h5-10,15,20,22,25,30H,2-4,11-14,16-17H2,1H3/t22-,25-,36?/m1/s1. The average molecular weight is 519 g/mol. The summed E-state index contributed by atoms with van der Waals surface area (Å²) in [5, 5.41) is -0.600. The number of halogens is 2. The van der Waals surface area contributed by atoms with Crippen molar-refractivity contribution in [1.82, 2.24) is 4.90 Å². The molecule has 9 heteroatoms. The van der Waals surface area contributed by atoms with Gasteiger partial charge in [0.1, 0.15) is 0 Å². The van der Waals surface area contributed by atoms with E-state index in [1.807, 2.05) is 31.2 Å². The molecule has 2 aromatic carbocycles. The number of carbonyl (C=O) groups is 1. The molecule has 1 unspecified atom stereocenters. The summed E-state index contributed by atoms with van der Waals surface area (Å²) < 4.78 is 61.4. The van der Waals surface area contributed by atoms with Crippen LogP contribution in [0, 0.1) is 17.6 Å². The maximum atomic E-state index is 14.1. The molecule has 3 aliphatic rings. The highest BCUT2D eigenvalue weighted by atomic mass is 32.2. The first-order valence-electron chi connectivity index (χ1n) is 12.6. The maximum Gasteiger partial charge on any atom is 0.248 e. The minimum atomic E-state index is -3.22. The van der Waals surface area contributed by atoms with Crippen molar-refractivity contribution in [2.75, 3.05) is 6.79 Å². The zero-order valence-electron chi connectivity index (χ0n) is 20.4. The molecule has 1 heterocycles. The summed E-state index contributed by atoms with van der Waals surface area (Å²) in [6.07, 6.45) is 1.72. The summed E-state index contributed by atoms with van der Waals surface area (Å²) in [5.41, 5.74) is 1.83. The molecule has 1 amide bonds. The van der Waals surface area contributed by atoms with Gasteiger partial charge in [0.2, 0.25) is 18.6 Å². The zero-order valence-corrected chi connectivity index (χ0v) is 21.2. The van der Waals surface area contributed by atoms with Crippen molar-refractivity contribution in [3.05, 3.63) is 53.6 Å². The van der Waals surface area contributed by atoms with Crippen molar-refractivity contribution in [1.29, 1.82) is 4.78 Å². The first kappa shape index (κ1) is 25.0. The van der Waals surface area contributed by atoms with Crippen molar-refractivity contribution in [3.63, 3.8) is 0 Å². The second kappa shape index (κ2) is 9.65. The molecular weight excluding hydrogens is 486 g/mol. The molecule has 0 radical (unpaired) electrons. The van der Waals surface area contributed by atoms with Crippen molar-refractivity contribution >= 4 is 15.6 Å². The minimum Gasteiger partial charge on any atom is -0.454 e. The Morgan fingerprint density at radius 2 is 1.75 bits per heavy atom. The van der Waals surface area contributed by atoms with Gasteiger partial charge in [-0.2, -0.15) is 0 Å². The first-order chi connectivity index (χ1) is 17.1. The zero-order chi connectivity index (χ0) is 25.5. The van der Waals surface area contributed by atoms with Crippen LogP contribution in [-0.2, 0) is 21.1 Å². The molecular formula is C27H32F2N2O4S. The first-order valence-corrected chi connectivity index (χ1v) is 14.2. The van der Waals surface area contributed by atoms with Crippen LogP contribution in [0.25, 0.3) is 0 Å². The largest absolute Gasteiger partial charge is 0.454 e. The lowest BCUT2D eigenvalue weighted by Crippen LogP contribution is -2.48. The third-order valence-electron chi connectivity index (χ3n) is 7.77. The lowest BCUT2D eigenvalue weighted by atomic mass is 9.89. The van der Waals surface area contributed by atoms with E-state index in [0.717, 1.165) is 11.1 Å². The van der Waals surface area contributed by atoms with Gasteiger partial charge in [-0.25, -0.2) is 17.8 Å². The predicted octanol–water partition coefficient (Wildman–Crippen LogP) is 5.90. The average Bonchev–Trinajstić information content (AvgIpc) is 3.52. The highest BCUT2D eigenvalue weighted by Gasteiger charge is 2.45. The van der Waals surface area contributed by atoms with Gasteiger partial charge >= 0.3 is 0 Å². The highest BCUT2D eigenvalue weighted by Crippen LogP contribution is 2.41. The molecule has 0 saturated heterocycles. The van der Waals surface area contributed by atoms with Crippen LogP contribution in [0.2, 0.25) is 0 Å². The van der Waals surface area contributed by atoms with Gasteiger partial charge < -0.3 is 14.4 Å². The van der Waals surface area contributed by atoms with Crippen molar-refractivity contribution in [2.45, 2.75) is 80.5 Å². The molecule has 194 valence electrons. The Morgan fingerprint density at radius 1 is 1.06 bits per heavy atom. The van der Waals surface area contributed by atoms with E-state index in [1.54, 1.807) is 23.1 Å². The molecule has 2 saturated carbocycles. The van der Waals surface area contributed by atoms with Crippen molar-refractivity contribution < 1.29 is 27.3 Å². The molecule has 3 atom stereocenters. The van der Waals surface area contributed by atoms with Crippen LogP contribution >= 0.6 is 0 Å². The van der Waals surface area contributed by atoms with Gasteiger partial charge in [-0.15, -0.1) is 0 Å². The Kier molecular flexibility index (Phi) is 6.70. The fraction of sp³-hybridized carbons (Fsp3) is 0.519. The maximum absolute atomic E-state index is 14.1. The Hall–Kier alpha value is -2.68. The van der Waals surface area contributed by atoms with Crippen LogP contribution in [0.5, 0.6) is 11.5 Å². The van der Waals surface area contributed by atoms with Crippen LogP contribution < -0.4 is 9.47 Å². The monoisotopic (exact) mass is 518 g/mol. The van der Waals surface area contributed by atoms with Gasteiger partial charge in [0.05, 0.1) is 20.9 Å². The van der Waals surface area contributed by atoms with E-state index in [0.29, 0.717) is 35.7 Å². The fourth-order valence-electron chi connectivity index (χ4n) is 5.69. The lowest BCUT2D eigenvalue weighted by Gasteiger charge is -2.39. The third kappa shape index (κ3) is 4.94. The Labute approximate surface area is 210 Å². The predicted molar refractivity (Wildman–Crippen MR) is 132 cm³/mol. The molecule has 36 heavy (non-hydrogen) atoms. The molecule has 0 spiro atoms. The number of carbonyl (C=O) groups excluding carboxylic acids is 1. The van der Waals surface area contributed by atoms with Crippen molar-refractivity contribution in [3.8, 4) is 11.5 Å². The second-order valence-electron chi connectivity index (χ2n) is 10.2. The van der Waals surface area contributed by atoms with Gasteiger partial charge in [0, 0.05) is 30.3 Å². The molecule has 2 aromatic rings. The molecule has 0 aromatic heterocycles. The Morgan fingerprint density at radius 3 is 2.47 bits per heavy atom. The fourth-order valence-corrected chi connectivity index (χ4v) is 7.80. The lowest BCUT2D eigenvalue weighted by molar-refractivity contribution is -0.141. The number of rotatable bonds is 6. The van der Waals surface area contributed by atoms with Crippen molar-refractivity contribution in [2.24, 2.45) is 5.92 Å². The summed E-state index contributed by atoms with van der Waals surface area (Å²) in [6.45, 7) is 2.32. The van der Waals surface area contributed by atoms with E-state index in [1.165, 1.54) is 0 Å². The highest BCUT2D eigenvalue weighted by molar-refractivity contribution is 7.93. The number of nitrogens with zero attached hydrogens (tertiary/aromatic N) is 1. The molecule has 1 N–H and O–H groups in total. The van der Waals surface area contributed by atoms with E-state index >= 15 is 0 Å². The Balaban J connectivity index is 1.42. The molecule has 1 aliphatic heterocycles.